The highest BCUT2D eigenvalue weighted by Crippen LogP contribution is 2.29. The van der Waals surface area contributed by atoms with Crippen molar-refractivity contribution in [1.29, 1.82) is 0 Å². The molecule has 1 amide bonds. The fourth-order valence-electron chi connectivity index (χ4n) is 3.30. The molecule has 28 heavy (non-hydrogen) atoms. The van der Waals surface area contributed by atoms with Crippen molar-refractivity contribution >= 4 is 17.2 Å². The number of piperidine rings is 1. The minimum atomic E-state index is -0.276. The summed E-state index contributed by atoms with van der Waals surface area (Å²) in [5.74, 6) is 1.18. The van der Waals surface area contributed by atoms with Crippen LogP contribution in [0, 0.1) is 5.82 Å². The summed E-state index contributed by atoms with van der Waals surface area (Å²) in [6, 6.07) is 8.11. The Bertz CT molecular complexity index is 903. The van der Waals surface area contributed by atoms with Gasteiger partial charge in [-0.1, -0.05) is 12.1 Å². The number of aromatic nitrogens is 2. The van der Waals surface area contributed by atoms with E-state index >= 15 is 0 Å². The molecular weight excluding hydrogens is 379 g/mol. The molecule has 146 valence electrons. The molecule has 1 fully saturated rings. The van der Waals surface area contributed by atoms with Crippen molar-refractivity contribution in [3.8, 4) is 11.5 Å². The molecule has 2 aromatic heterocycles. The average Bonchev–Trinajstić information content (AvgIpc) is 3.40. The number of nitrogens with zero attached hydrogens (tertiary/aromatic N) is 3. The van der Waals surface area contributed by atoms with Crippen LogP contribution in [0.3, 0.4) is 0 Å². The molecule has 0 bridgehead atoms. The van der Waals surface area contributed by atoms with E-state index in [-0.39, 0.29) is 17.6 Å². The maximum Gasteiger partial charge on any atom is 0.248 e. The van der Waals surface area contributed by atoms with Crippen LogP contribution in [-0.4, -0.2) is 40.6 Å². The normalized spacial score (nSPS) is 15.6. The van der Waals surface area contributed by atoms with Gasteiger partial charge in [0.15, 0.2) is 0 Å². The second-order valence-corrected chi connectivity index (χ2v) is 7.69. The maximum absolute atomic E-state index is 12.9. The van der Waals surface area contributed by atoms with Crippen molar-refractivity contribution < 1.29 is 13.6 Å². The number of rotatable bonds is 6. The summed E-state index contributed by atoms with van der Waals surface area (Å²) in [4.78, 5) is 14.3. The predicted octanol–water partition coefficient (Wildman–Crippen LogP) is 3.43. The lowest BCUT2D eigenvalue weighted by molar-refractivity contribution is -0.122. The van der Waals surface area contributed by atoms with Gasteiger partial charge in [0, 0.05) is 23.4 Å². The number of halogens is 1. The van der Waals surface area contributed by atoms with Crippen LogP contribution in [0.25, 0.3) is 11.5 Å². The molecule has 1 aromatic carbocycles. The lowest BCUT2D eigenvalue weighted by Crippen LogP contribution is -2.41. The van der Waals surface area contributed by atoms with Gasteiger partial charge >= 0.3 is 0 Å². The van der Waals surface area contributed by atoms with Crippen LogP contribution in [0.15, 0.2) is 45.5 Å². The van der Waals surface area contributed by atoms with Crippen molar-refractivity contribution in [1.82, 2.24) is 20.4 Å². The standard InChI is InChI=1S/C20H21FN4O2S/c21-17-3-1-14(2-4-17)11-22-18(26)12-25-8-5-15(6-9-25)19-23-24-20(27-19)16-7-10-28-13-16/h1-4,7,10,13,15H,5-6,8-9,11-12H2,(H,22,26). The fourth-order valence-corrected chi connectivity index (χ4v) is 3.93. The predicted molar refractivity (Wildman–Crippen MR) is 104 cm³/mol. The molecule has 0 aliphatic carbocycles. The Hall–Kier alpha value is -2.58. The van der Waals surface area contributed by atoms with Crippen molar-refractivity contribution in [2.75, 3.05) is 19.6 Å². The van der Waals surface area contributed by atoms with Crippen molar-refractivity contribution in [3.63, 3.8) is 0 Å². The first-order chi connectivity index (χ1) is 13.7. The quantitative estimate of drug-likeness (QED) is 0.686. The van der Waals surface area contributed by atoms with E-state index < -0.39 is 0 Å². The number of amides is 1. The summed E-state index contributed by atoms with van der Waals surface area (Å²) >= 11 is 1.60. The Morgan fingerprint density at radius 3 is 2.71 bits per heavy atom. The number of carbonyl (C=O) groups is 1. The molecule has 4 rings (SSSR count). The van der Waals surface area contributed by atoms with Crippen LogP contribution < -0.4 is 5.32 Å². The Morgan fingerprint density at radius 1 is 1.21 bits per heavy atom. The van der Waals surface area contributed by atoms with Crippen LogP contribution in [0.4, 0.5) is 4.39 Å². The minimum Gasteiger partial charge on any atom is -0.420 e. The Labute approximate surface area is 166 Å². The van der Waals surface area contributed by atoms with Crippen molar-refractivity contribution in [2.24, 2.45) is 0 Å². The van der Waals surface area contributed by atoms with E-state index in [4.69, 9.17) is 4.42 Å². The second kappa shape index (κ2) is 8.62. The number of hydrogen-bond donors (Lipinski definition) is 1. The van der Waals surface area contributed by atoms with Crippen molar-refractivity contribution in [3.05, 3.63) is 58.4 Å². The van der Waals surface area contributed by atoms with Gasteiger partial charge in [-0.2, -0.15) is 11.3 Å². The molecule has 0 unspecified atom stereocenters. The van der Waals surface area contributed by atoms with E-state index in [9.17, 15) is 9.18 Å². The van der Waals surface area contributed by atoms with Crippen LogP contribution >= 0.6 is 11.3 Å². The number of hydrogen-bond acceptors (Lipinski definition) is 6. The van der Waals surface area contributed by atoms with Crippen LogP contribution in [0.2, 0.25) is 0 Å². The molecule has 3 aromatic rings. The van der Waals surface area contributed by atoms with Crippen LogP contribution in [0.5, 0.6) is 0 Å². The molecule has 1 aliphatic rings. The average molecular weight is 400 g/mol. The first-order valence-corrected chi connectivity index (χ1v) is 10.2. The highest BCUT2D eigenvalue weighted by atomic mass is 32.1. The summed E-state index contributed by atoms with van der Waals surface area (Å²) in [6.45, 7) is 2.39. The van der Waals surface area contributed by atoms with Crippen LogP contribution in [0.1, 0.15) is 30.2 Å². The third kappa shape index (κ3) is 4.63. The van der Waals surface area contributed by atoms with Crippen LogP contribution in [-0.2, 0) is 11.3 Å². The Balaban J connectivity index is 1.23. The van der Waals surface area contributed by atoms with Gasteiger partial charge in [-0.15, -0.1) is 10.2 Å². The van der Waals surface area contributed by atoms with Gasteiger partial charge in [-0.3, -0.25) is 9.69 Å². The molecule has 1 saturated heterocycles. The number of likely N-dealkylation sites (tertiary alicyclic amines) is 1. The van der Waals surface area contributed by atoms with E-state index in [1.165, 1.54) is 12.1 Å². The van der Waals surface area contributed by atoms with Gasteiger partial charge in [-0.25, -0.2) is 4.39 Å². The van der Waals surface area contributed by atoms with Crippen molar-refractivity contribution in [2.45, 2.75) is 25.3 Å². The summed E-state index contributed by atoms with van der Waals surface area (Å²) < 4.78 is 18.8. The zero-order valence-electron chi connectivity index (χ0n) is 15.3. The molecule has 3 heterocycles. The number of carbonyl (C=O) groups excluding carboxylic acids is 1. The number of benzene rings is 1. The zero-order chi connectivity index (χ0) is 19.3. The zero-order valence-corrected chi connectivity index (χ0v) is 16.1. The van der Waals surface area contributed by atoms with E-state index in [2.05, 4.69) is 20.4 Å². The van der Waals surface area contributed by atoms with E-state index in [0.29, 0.717) is 24.9 Å². The van der Waals surface area contributed by atoms with Gasteiger partial charge in [0.05, 0.1) is 6.54 Å². The summed E-state index contributed by atoms with van der Waals surface area (Å²) in [7, 11) is 0. The monoisotopic (exact) mass is 400 g/mol. The smallest absolute Gasteiger partial charge is 0.248 e. The van der Waals surface area contributed by atoms with Gasteiger partial charge in [0.25, 0.3) is 0 Å². The van der Waals surface area contributed by atoms with Gasteiger partial charge in [0.1, 0.15) is 5.82 Å². The van der Waals surface area contributed by atoms with Gasteiger partial charge < -0.3 is 9.73 Å². The topological polar surface area (TPSA) is 71.3 Å². The molecule has 0 saturated carbocycles. The summed E-state index contributed by atoms with van der Waals surface area (Å²) in [5, 5.41) is 15.2. The van der Waals surface area contributed by atoms with E-state index in [1.807, 2.05) is 16.8 Å². The Morgan fingerprint density at radius 2 is 2.00 bits per heavy atom. The second-order valence-electron chi connectivity index (χ2n) is 6.91. The first kappa shape index (κ1) is 18.8. The number of thiophene rings is 1. The molecule has 1 aliphatic heterocycles. The Kier molecular flexibility index (Phi) is 5.78. The highest BCUT2D eigenvalue weighted by Gasteiger charge is 2.26. The minimum absolute atomic E-state index is 0.0275. The summed E-state index contributed by atoms with van der Waals surface area (Å²) in [6.07, 6.45) is 1.77. The third-order valence-electron chi connectivity index (χ3n) is 4.92. The fraction of sp³-hybridized carbons (Fsp3) is 0.350. The largest absolute Gasteiger partial charge is 0.420 e. The van der Waals surface area contributed by atoms with E-state index in [0.717, 1.165) is 37.1 Å². The van der Waals surface area contributed by atoms with Gasteiger partial charge in [-0.05, 0) is 55.1 Å². The SMILES string of the molecule is O=C(CN1CCC(c2nnc(-c3ccsc3)o2)CC1)NCc1ccc(F)cc1. The maximum atomic E-state index is 12.9. The van der Waals surface area contributed by atoms with E-state index in [1.54, 1.807) is 23.5 Å². The molecule has 0 spiro atoms. The molecule has 6 nitrogen and oxygen atoms in total. The number of nitrogens with one attached hydrogen (secondary N) is 1. The first-order valence-electron chi connectivity index (χ1n) is 9.27. The third-order valence-corrected chi connectivity index (χ3v) is 5.60. The lowest BCUT2D eigenvalue weighted by Gasteiger charge is -2.29. The molecular formula is C20H21FN4O2S. The lowest BCUT2D eigenvalue weighted by atomic mass is 9.97. The summed E-state index contributed by atoms with van der Waals surface area (Å²) in [5.41, 5.74) is 1.84. The highest BCUT2D eigenvalue weighted by molar-refractivity contribution is 7.08. The van der Waals surface area contributed by atoms with Gasteiger partial charge in [0.2, 0.25) is 17.7 Å². The molecule has 0 atom stereocenters. The molecule has 1 N–H and O–H groups in total. The molecule has 8 heteroatoms. The molecule has 0 radical (unpaired) electrons.